The number of esters is 2. The summed E-state index contributed by atoms with van der Waals surface area (Å²) >= 11 is 0. The Kier molecular flexibility index (Phi) is 18.9. The number of benzene rings is 2. The van der Waals surface area contributed by atoms with E-state index in [1.54, 1.807) is 41.5 Å². The lowest BCUT2D eigenvalue weighted by atomic mass is 9.86. The number of aliphatic hydroxyl groups excluding tert-OH is 1. The van der Waals surface area contributed by atoms with E-state index in [9.17, 15) is 33.9 Å². The first-order valence-electron chi connectivity index (χ1n) is 18.6. The standard InChI is InChI=1S/C41H60N4O9/c1-24(2)33(38(49)42-27(7)40(51)53-8)43-36(47)30(20-28-16-12-10-13-17-28)22-32(46)23-31(21-29-18-14-11-15-19-29)37(48)44-34(25(3)4)39(50)45-35(26(5)6)41(52)54-9/h10-19,24-27,30-35,46H,20-23H2,1-9H3,(H,42,49)(H,43,47)(H,44,48)(H,45,50)/t27-,30+,31+,32?,33-,34-,35-/m0/s1. The fraction of sp³-hybridized carbons (Fsp3) is 0.561. The first-order chi connectivity index (χ1) is 25.5. The van der Waals surface area contributed by atoms with Gasteiger partial charge in [0.2, 0.25) is 23.6 Å². The maximum absolute atomic E-state index is 14.0. The minimum atomic E-state index is -1.13. The fourth-order valence-corrected chi connectivity index (χ4v) is 6.14. The third-order valence-electron chi connectivity index (χ3n) is 9.33. The second kappa shape index (κ2) is 22.4. The second-order valence-corrected chi connectivity index (χ2v) is 14.9. The molecule has 0 bridgehead atoms. The number of amides is 4. The van der Waals surface area contributed by atoms with Gasteiger partial charge in [0, 0.05) is 11.8 Å². The Balaban J connectivity index is 2.36. The highest BCUT2D eigenvalue weighted by Crippen LogP contribution is 2.23. The molecule has 0 heterocycles. The maximum Gasteiger partial charge on any atom is 0.328 e. The van der Waals surface area contributed by atoms with E-state index in [1.807, 2.05) is 60.7 Å². The van der Waals surface area contributed by atoms with Crippen LogP contribution in [-0.2, 0) is 51.1 Å². The molecule has 2 aromatic carbocycles. The van der Waals surface area contributed by atoms with Crippen molar-refractivity contribution < 1.29 is 43.3 Å². The van der Waals surface area contributed by atoms with Crippen molar-refractivity contribution in [3.8, 4) is 0 Å². The molecule has 0 aliphatic rings. The van der Waals surface area contributed by atoms with Crippen LogP contribution in [-0.4, -0.2) is 85.2 Å². The van der Waals surface area contributed by atoms with Gasteiger partial charge < -0.3 is 35.8 Å². The molecule has 13 nitrogen and oxygen atoms in total. The zero-order chi connectivity index (χ0) is 40.5. The fourth-order valence-electron chi connectivity index (χ4n) is 6.14. The van der Waals surface area contributed by atoms with Gasteiger partial charge in [0.15, 0.2) is 0 Å². The van der Waals surface area contributed by atoms with Crippen LogP contribution >= 0.6 is 0 Å². The predicted octanol–water partition coefficient (Wildman–Crippen LogP) is 3.12. The molecular formula is C41H60N4O9. The Labute approximate surface area is 319 Å². The number of carbonyl (C=O) groups is 6. The van der Waals surface area contributed by atoms with E-state index < -0.39 is 77.7 Å². The summed E-state index contributed by atoms with van der Waals surface area (Å²) in [7, 11) is 2.46. The molecule has 7 atom stereocenters. The van der Waals surface area contributed by atoms with Gasteiger partial charge in [0.05, 0.1) is 20.3 Å². The van der Waals surface area contributed by atoms with Gasteiger partial charge in [0.25, 0.3) is 0 Å². The van der Waals surface area contributed by atoms with Gasteiger partial charge in [-0.2, -0.15) is 0 Å². The van der Waals surface area contributed by atoms with Crippen LogP contribution in [0.4, 0.5) is 0 Å². The molecule has 4 amide bonds. The number of ether oxygens (including phenoxy) is 2. The van der Waals surface area contributed by atoms with Gasteiger partial charge in [-0.3, -0.25) is 19.2 Å². The monoisotopic (exact) mass is 752 g/mol. The van der Waals surface area contributed by atoms with Crippen LogP contribution in [0.3, 0.4) is 0 Å². The number of rotatable bonds is 21. The average molecular weight is 753 g/mol. The topological polar surface area (TPSA) is 189 Å². The van der Waals surface area contributed by atoms with Crippen molar-refractivity contribution in [3.63, 3.8) is 0 Å². The Hall–Kier alpha value is -4.78. The predicted molar refractivity (Wildman–Crippen MR) is 204 cm³/mol. The van der Waals surface area contributed by atoms with Crippen LogP contribution in [0.1, 0.15) is 72.4 Å². The molecule has 1 unspecified atom stereocenters. The summed E-state index contributed by atoms with van der Waals surface area (Å²) in [5.41, 5.74) is 1.68. The second-order valence-electron chi connectivity index (χ2n) is 14.9. The molecule has 2 aromatic rings. The number of methoxy groups -OCH3 is 2. The number of carbonyl (C=O) groups excluding carboxylic acids is 6. The Bertz CT molecular complexity index is 1520. The first kappa shape index (κ1) is 45.4. The van der Waals surface area contributed by atoms with Crippen molar-refractivity contribution in [2.45, 2.75) is 104 Å². The Morgan fingerprint density at radius 1 is 0.519 bits per heavy atom. The lowest BCUT2D eigenvalue weighted by Gasteiger charge is -2.29. The van der Waals surface area contributed by atoms with E-state index in [0.717, 1.165) is 11.1 Å². The molecule has 0 aromatic heterocycles. The minimum absolute atomic E-state index is 0.0341. The zero-order valence-corrected chi connectivity index (χ0v) is 33.1. The highest BCUT2D eigenvalue weighted by Gasteiger charge is 2.35. The summed E-state index contributed by atoms with van der Waals surface area (Å²) in [5.74, 6) is -5.79. The van der Waals surface area contributed by atoms with Crippen molar-refractivity contribution in [2.24, 2.45) is 29.6 Å². The normalized spacial score (nSPS) is 15.2. The number of nitrogens with one attached hydrogen (secondary N) is 4. The largest absolute Gasteiger partial charge is 0.467 e. The van der Waals surface area contributed by atoms with E-state index in [-0.39, 0.29) is 43.4 Å². The number of hydrogen-bond acceptors (Lipinski definition) is 9. The lowest BCUT2D eigenvalue weighted by molar-refractivity contribution is -0.147. The molecule has 13 heteroatoms. The Morgan fingerprint density at radius 2 is 0.870 bits per heavy atom. The smallest absolute Gasteiger partial charge is 0.328 e. The molecule has 0 aliphatic carbocycles. The van der Waals surface area contributed by atoms with E-state index >= 15 is 0 Å². The molecule has 5 N–H and O–H groups in total. The highest BCUT2D eigenvalue weighted by atomic mass is 16.5. The molecule has 298 valence electrons. The molecule has 0 saturated carbocycles. The van der Waals surface area contributed by atoms with Crippen LogP contribution in [0.25, 0.3) is 0 Å². The van der Waals surface area contributed by atoms with Gasteiger partial charge in [-0.1, -0.05) is 102 Å². The van der Waals surface area contributed by atoms with E-state index in [2.05, 4.69) is 21.3 Å². The van der Waals surface area contributed by atoms with Crippen LogP contribution in [0.5, 0.6) is 0 Å². The SMILES string of the molecule is COC(=O)[C@H](C)NC(=O)[C@@H](NC(=O)[C@H](Cc1ccccc1)CC(O)C[C@@H](Cc1ccccc1)C(=O)N[C@H](C(=O)N[C@H](C(=O)OC)C(C)C)C(C)C)C(C)C. The molecule has 0 saturated heterocycles. The highest BCUT2D eigenvalue weighted by molar-refractivity contribution is 5.92. The van der Waals surface area contributed by atoms with Gasteiger partial charge in [-0.15, -0.1) is 0 Å². The molecule has 2 rings (SSSR count). The van der Waals surface area contributed by atoms with Crippen LogP contribution in [0.15, 0.2) is 60.7 Å². The summed E-state index contributed by atoms with van der Waals surface area (Å²) in [4.78, 5) is 79.0. The number of hydrogen-bond donors (Lipinski definition) is 5. The maximum atomic E-state index is 14.0. The molecule has 0 aliphatic heterocycles. The van der Waals surface area contributed by atoms with Crippen molar-refractivity contribution in [1.29, 1.82) is 0 Å². The minimum Gasteiger partial charge on any atom is -0.467 e. The molecule has 0 fully saturated rings. The summed E-state index contributed by atoms with van der Waals surface area (Å²) in [6, 6.07) is 14.7. The lowest BCUT2D eigenvalue weighted by Crippen LogP contribution is -2.56. The third-order valence-corrected chi connectivity index (χ3v) is 9.33. The third kappa shape index (κ3) is 14.6. The van der Waals surface area contributed by atoms with Crippen molar-refractivity contribution in [3.05, 3.63) is 71.8 Å². The van der Waals surface area contributed by atoms with Crippen LogP contribution in [0.2, 0.25) is 0 Å². The van der Waals surface area contributed by atoms with Gasteiger partial charge >= 0.3 is 11.9 Å². The summed E-state index contributed by atoms with van der Waals surface area (Å²) < 4.78 is 9.58. The molecule has 0 radical (unpaired) electrons. The van der Waals surface area contributed by atoms with Crippen LogP contribution < -0.4 is 21.3 Å². The van der Waals surface area contributed by atoms with Crippen LogP contribution in [0, 0.1) is 29.6 Å². The van der Waals surface area contributed by atoms with Crippen molar-refractivity contribution in [2.75, 3.05) is 14.2 Å². The summed E-state index contributed by atoms with van der Waals surface area (Å²) in [5, 5.41) is 22.6. The summed E-state index contributed by atoms with van der Waals surface area (Å²) in [6.07, 6.45) is -0.709. The zero-order valence-electron chi connectivity index (χ0n) is 33.1. The molecule has 0 spiro atoms. The Morgan fingerprint density at radius 3 is 1.22 bits per heavy atom. The van der Waals surface area contributed by atoms with E-state index in [0.29, 0.717) is 0 Å². The number of aliphatic hydroxyl groups is 1. The van der Waals surface area contributed by atoms with E-state index in [4.69, 9.17) is 9.47 Å². The quantitative estimate of drug-likeness (QED) is 0.119. The van der Waals surface area contributed by atoms with Crippen molar-refractivity contribution >= 4 is 35.6 Å². The first-order valence-corrected chi connectivity index (χ1v) is 18.6. The summed E-state index contributed by atoms with van der Waals surface area (Å²) in [6.45, 7) is 12.1. The van der Waals surface area contributed by atoms with Gasteiger partial charge in [-0.05, 0) is 61.5 Å². The molecular weight excluding hydrogens is 692 g/mol. The molecule has 54 heavy (non-hydrogen) atoms. The van der Waals surface area contributed by atoms with Gasteiger partial charge in [0.1, 0.15) is 24.2 Å². The van der Waals surface area contributed by atoms with Gasteiger partial charge in [-0.25, -0.2) is 9.59 Å². The van der Waals surface area contributed by atoms with E-state index in [1.165, 1.54) is 21.1 Å². The average Bonchev–Trinajstić information content (AvgIpc) is 3.13. The van der Waals surface area contributed by atoms with Crippen molar-refractivity contribution in [1.82, 2.24) is 21.3 Å².